The second-order valence-corrected chi connectivity index (χ2v) is 9.37. The van der Waals surface area contributed by atoms with E-state index in [1.165, 1.54) is 5.56 Å². The Morgan fingerprint density at radius 1 is 1.13 bits per heavy atom. The molecule has 5 rings (SSSR count). The molecule has 4 fully saturated rings. The summed E-state index contributed by atoms with van der Waals surface area (Å²) in [5.74, 6) is 1.04. The first-order valence-corrected chi connectivity index (χ1v) is 11.2. The van der Waals surface area contributed by atoms with E-state index in [2.05, 4.69) is 12.1 Å². The lowest BCUT2D eigenvalue weighted by atomic mass is 9.51. The van der Waals surface area contributed by atoms with E-state index >= 15 is 0 Å². The average Bonchev–Trinajstić information content (AvgIpc) is 2.81. The van der Waals surface area contributed by atoms with E-state index in [4.69, 9.17) is 10.5 Å². The van der Waals surface area contributed by atoms with Crippen molar-refractivity contribution in [3.8, 4) is 5.75 Å². The predicted octanol–water partition coefficient (Wildman–Crippen LogP) is 3.45. The number of fused-ring (bicyclic) bond motifs is 3. The standard InChI is InChI=1S/C24H33FN2O3/c25-15-18(16-26)17-30-21-3-1-19(2-4-21)23-7-10-24(11-8-23,12-9-23)22(29)27-13-5-20(28)6-14-27/h1-4,15,20,28H,5-14,16-17,26H2/b18-15+. The Hall–Kier alpha value is -1.92. The molecule has 30 heavy (non-hydrogen) atoms. The van der Waals surface area contributed by atoms with Gasteiger partial charge in [-0.05, 0) is 74.5 Å². The van der Waals surface area contributed by atoms with Gasteiger partial charge in [0.15, 0.2) is 0 Å². The molecule has 1 aromatic rings. The van der Waals surface area contributed by atoms with E-state index in [0.29, 0.717) is 49.5 Å². The molecule has 1 aromatic carbocycles. The first-order chi connectivity index (χ1) is 14.5. The molecule has 1 saturated heterocycles. The first kappa shape index (κ1) is 21.3. The number of likely N-dealkylation sites (tertiary alicyclic amines) is 1. The minimum atomic E-state index is -0.251. The molecule has 3 N–H and O–H groups in total. The molecule has 0 atom stereocenters. The zero-order valence-corrected chi connectivity index (χ0v) is 17.6. The molecule has 3 saturated carbocycles. The van der Waals surface area contributed by atoms with Crippen LogP contribution in [-0.4, -0.2) is 48.3 Å². The molecule has 4 aliphatic rings. The molecular weight excluding hydrogens is 383 g/mol. The van der Waals surface area contributed by atoms with Crippen molar-refractivity contribution in [2.24, 2.45) is 11.1 Å². The van der Waals surface area contributed by atoms with Crippen LogP contribution in [0.5, 0.6) is 5.75 Å². The van der Waals surface area contributed by atoms with Gasteiger partial charge < -0.3 is 20.5 Å². The highest BCUT2D eigenvalue weighted by Gasteiger charge is 2.54. The monoisotopic (exact) mass is 416 g/mol. The minimum absolute atomic E-state index is 0.149. The number of aliphatic hydroxyl groups excluding tert-OH is 1. The van der Waals surface area contributed by atoms with Crippen LogP contribution >= 0.6 is 0 Å². The number of ether oxygens (including phenoxy) is 1. The van der Waals surface area contributed by atoms with Crippen LogP contribution in [0.3, 0.4) is 0 Å². The Labute approximate surface area is 178 Å². The number of nitrogens with zero attached hydrogens (tertiary/aromatic N) is 1. The summed E-state index contributed by atoms with van der Waals surface area (Å²) in [5.41, 5.74) is 7.18. The smallest absolute Gasteiger partial charge is 0.228 e. The van der Waals surface area contributed by atoms with Crippen molar-refractivity contribution in [3.63, 3.8) is 0 Å². The van der Waals surface area contributed by atoms with Crippen molar-refractivity contribution < 1.29 is 19.0 Å². The molecule has 1 aliphatic heterocycles. The number of amides is 1. The topological polar surface area (TPSA) is 75.8 Å². The van der Waals surface area contributed by atoms with E-state index < -0.39 is 0 Å². The summed E-state index contributed by atoms with van der Waals surface area (Å²) in [7, 11) is 0. The molecule has 3 aliphatic carbocycles. The largest absolute Gasteiger partial charge is 0.489 e. The van der Waals surface area contributed by atoms with Crippen molar-refractivity contribution >= 4 is 5.91 Å². The van der Waals surface area contributed by atoms with E-state index in [0.717, 1.165) is 38.5 Å². The fourth-order valence-corrected chi connectivity index (χ4v) is 5.56. The average molecular weight is 417 g/mol. The van der Waals surface area contributed by atoms with Crippen LogP contribution in [0.25, 0.3) is 0 Å². The van der Waals surface area contributed by atoms with Crippen LogP contribution in [0.1, 0.15) is 56.9 Å². The Morgan fingerprint density at radius 2 is 1.73 bits per heavy atom. The van der Waals surface area contributed by atoms with Gasteiger partial charge in [-0.3, -0.25) is 4.79 Å². The number of nitrogens with two attached hydrogens (primary N) is 1. The molecular formula is C24H33FN2O3. The zero-order chi connectivity index (χ0) is 21.2. The molecule has 0 unspecified atom stereocenters. The van der Waals surface area contributed by atoms with Gasteiger partial charge >= 0.3 is 0 Å². The van der Waals surface area contributed by atoms with Crippen LogP contribution in [-0.2, 0) is 10.2 Å². The van der Waals surface area contributed by atoms with Crippen molar-refractivity contribution in [1.82, 2.24) is 4.90 Å². The third-order valence-electron chi connectivity index (χ3n) is 7.76. The summed E-state index contributed by atoms with van der Waals surface area (Å²) >= 11 is 0. The number of piperidine rings is 1. The maximum absolute atomic E-state index is 13.3. The second kappa shape index (κ2) is 8.67. The number of carbonyl (C=O) groups excluding carboxylic acids is 1. The summed E-state index contributed by atoms with van der Waals surface area (Å²) in [6.45, 7) is 1.70. The van der Waals surface area contributed by atoms with Gasteiger partial charge in [-0.25, -0.2) is 4.39 Å². The van der Waals surface area contributed by atoms with Gasteiger partial charge in [0.25, 0.3) is 0 Å². The highest BCUT2D eigenvalue weighted by molar-refractivity contribution is 5.83. The van der Waals surface area contributed by atoms with Crippen molar-refractivity contribution in [2.75, 3.05) is 26.2 Å². The van der Waals surface area contributed by atoms with E-state index in [1.807, 2.05) is 17.0 Å². The zero-order valence-electron chi connectivity index (χ0n) is 17.6. The number of aliphatic hydroxyl groups is 1. The van der Waals surface area contributed by atoms with Crippen LogP contribution in [0, 0.1) is 5.41 Å². The van der Waals surface area contributed by atoms with Gasteiger partial charge in [-0.1, -0.05) is 12.1 Å². The number of rotatable bonds is 6. The van der Waals surface area contributed by atoms with Crippen molar-refractivity contribution in [3.05, 3.63) is 41.7 Å². The third-order valence-corrected chi connectivity index (χ3v) is 7.76. The van der Waals surface area contributed by atoms with Gasteiger partial charge in [0.1, 0.15) is 12.4 Å². The molecule has 164 valence electrons. The Balaban J connectivity index is 1.38. The quantitative estimate of drug-likeness (QED) is 0.745. The summed E-state index contributed by atoms with van der Waals surface area (Å²) in [4.78, 5) is 15.3. The molecule has 5 nitrogen and oxygen atoms in total. The molecule has 0 spiro atoms. The van der Waals surface area contributed by atoms with Crippen LogP contribution in [0.15, 0.2) is 36.2 Å². The fraction of sp³-hybridized carbons (Fsp3) is 0.625. The molecule has 6 heteroatoms. The van der Waals surface area contributed by atoms with Crippen molar-refractivity contribution in [2.45, 2.75) is 62.9 Å². The van der Waals surface area contributed by atoms with Crippen LogP contribution < -0.4 is 10.5 Å². The van der Waals surface area contributed by atoms with Crippen molar-refractivity contribution in [1.29, 1.82) is 0 Å². The number of carbonyl (C=O) groups is 1. The Bertz CT molecular complexity index is 760. The number of halogens is 1. The lowest BCUT2D eigenvalue weighted by Crippen LogP contribution is -2.54. The number of hydrogen-bond acceptors (Lipinski definition) is 4. The third kappa shape index (κ3) is 4.00. The van der Waals surface area contributed by atoms with Gasteiger partial charge in [0, 0.05) is 30.6 Å². The fourth-order valence-electron chi connectivity index (χ4n) is 5.56. The molecule has 1 amide bonds. The molecule has 2 bridgehead atoms. The maximum Gasteiger partial charge on any atom is 0.228 e. The highest BCUT2D eigenvalue weighted by Crippen LogP contribution is 2.58. The summed E-state index contributed by atoms with van der Waals surface area (Å²) < 4.78 is 18.3. The van der Waals surface area contributed by atoms with Gasteiger partial charge in [0.05, 0.1) is 12.4 Å². The molecule has 0 radical (unpaired) electrons. The minimum Gasteiger partial charge on any atom is -0.489 e. The van der Waals surface area contributed by atoms with Gasteiger partial charge in [0.2, 0.25) is 5.91 Å². The Kier molecular flexibility index (Phi) is 6.16. The number of benzene rings is 1. The van der Waals surface area contributed by atoms with E-state index in [1.54, 1.807) is 0 Å². The van der Waals surface area contributed by atoms with E-state index in [9.17, 15) is 14.3 Å². The van der Waals surface area contributed by atoms with Gasteiger partial charge in [-0.2, -0.15) is 0 Å². The normalized spacial score (nSPS) is 29.8. The SMILES string of the molecule is NC/C(=C\F)COc1ccc(C23CCC(C(=O)N4CCC(O)CC4)(CC2)CC3)cc1. The summed E-state index contributed by atoms with van der Waals surface area (Å²) in [6, 6.07) is 8.17. The lowest BCUT2D eigenvalue weighted by Gasteiger charge is -2.54. The second-order valence-electron chi connectivity index (χ2n) is 9.37. The summed E-state index contributed by atoms with van der Waals surface area (Å²) in [5, 5.41) is 9.74. The van der Waals surface area contributed by atoms with Gasteiger partial charge in [-0.15, -0.1) is 0 Å². The first-order valence-electron chi connectivity index (χ1n) is 11.2. The van der Waals surface area contributed by atoms with Crippen LogP contribution in [0.4, 0.5) is 4.39 Å². The lowest BCUT2D eigenvalue weighted by molar-refractivity contribution is -0.151. The highest BCUT2D eigenvalue weighted by atomic mass is 19.1. The predicted molar refractivity (Wildman–Crippen MR) is 114 cm³/mol. The van der Waals surface area contributed by atoms with E-state index in [-0.39, 0.29) is 30.1 Å². The van der Waals surface area contributed by atoms with Crippen LogP contribution in [0.2, 0.25) is 0 Å². The molecule has 1 heterocycles. The summed E-state index contributed by atoms with van der Waals surface area (Å²) in [6.07, 6.45) is 7.63. The maximum atomic E-state index is 13.3. The molecule has 0 aromatic heterocycles. The Morgan fingerprint density at radius 3 is 2.27 bits per heavy atom. The number of hydrogen-bond donors (Lipinski definition) is 2.